The van der Waals surface area contributed by atoms with Gasteiger partial charge >= 0.3 is 5.97 Å². The van der Waals surface area contributed by atoms with E-state index in [1.807, 2.05) is 110 Å². The van der Waals surface area contributed by atoms with Gasteiger partial charge in [-0.15, -0.1) is 0 Å². The number of nitrogens with one attached hydrogen (secondary N) is 1. The molecule has 0 fully saturated rings. The monoisotopic (exact) mass is 497 g/mol. The van der Waals surface area contributed by atoms with Crippen molar-refractivity contribution in [3.63, 3.8) is 0 Å². The fourth-order valence-electron chi connectivity index (χ4n) is 5.51. The molecule has 0 spiro atoms. The first-order chi connectivity index (χ1) is 18.5. The van der Waals surface area contributed by atoms with Crippen molar-refractivity contribution < 1.29 is 14.3 Å². The van der Waals surface area contributed by atoms with Crippen molar-refractivity contribution in [3.8, 4) is 5.75 Å². The Kier molecular flexibility index (Phi) is 6.01. The molecule has 1 heterocycles. The van der Waals surface area contributed by atoms with Gasteiger partial charge in [0.1, 0.15) is 5.75 Å². The summed E-state index contributed by atoms with van der Waals surface area (Å²) in [6.07, 6.45) is 0.274. The number of fused-ring (bicyclic) bond motifs is 3. The minimum absolute atomic E-state index is 0.274. The third kappa shape index (κ3) is 4.14. The Morgan fingerprint density at radius 3 is 2.18 bits per heavy atom. The Hall–Kier alpha value is -4.70. The topological polar surface area (TPSA) is 55.4 Å². The standard InChI is InChI=1S/C34H27NO3/c1-23-16-18-26(19-17-23)30-29-21-20-25-12-8-9-15-28(25)31(29)38-33(37)34(30,22-24-10-4-2-5-11-24)35-32(36)27-13-6-3-7-14-27/h2-21,30H,22H2,1H3,(H,35,36)/t30-,34-/m0/s1. The summed E-state index contributed by atoms with van der Waals surface area (Å²) in [6.45, 7) is 2.04. The van der Waals surface area contributed by atoms with Gasteiger partial charge in [-0.3, -0.25) is 4.79 Å². The van der Waals surface area contributed by atoms with Crippen LogP contribution in [0.15, 0.2) is 121 Å². The maximum absolute atomic E-state index is 14.3. The molecule has 0 radical (unpaired) electrons. The van der Waals surface area contributed by atoms with Gasteiger partial charge in [0, 0.05) is 28.9 Å². The van der Waals surface area contributed by atoms with Crippen LogP contribution in [0.2, 0.25) is 0 Å². The Labute approximate surface area is 221 Å². The number of carbonyl (C=O) groups excluding carboxylic acids is 2. The Bertz CT molecular complexity index is 1630. The maximum Gasteiger partial charge on any atom is 0.338 e. The van der Waals surface area contributed by atoms with Gasteiger partial charge in [-0.2, -0.15) is 0 Å². The second-order valence-corrected chi connectivity index (χ2v) is 9.89. The lowest BCUT2D eigenvalue weighted by Crippen LogP contribution is -2.63. The van der Waals surface area contributed by atoms with Gasteiger partial charge in [0.2, 0.25) is 0 Å². The molecule has 1 N–H and O–H groups in total. The fourth-order valence-corrected chi connectivity index (χ4v) is 5.51. The van der Waals surface area contributed by atoms with Crippen LogP contribution < -0.4 is 10.1 Å². The van der Waals surface area contributed by atoms with Crippen LogP contribution in [0.25, 0.3) is 10.8 Å². The lowest BCUT2D eigenvalue weighted by Gasteiger charge is -2.44. The third-order valence-electron chi connectivity index (χ3n) is 7.38. The summed E-state index contributed by atoms with van der Waals surface area (Å²) < 4.78 is 6.19. The summed E-state index contributed by atoms with van der Waals surface area (Å²) >= 11 is 0. The van der Waals surface area contributed by atoms with Crippen molar-refractivity contribution in [1.29, 1.82) is 0 Å². The van der Waals surface area contributed by atoms with E-state index in [4.69, 9.17) is 4.74 Å². The number of carbonyl (C=O) groups is 2. The number of benzene rings is 5. The molecule has 5 aromatic rings. The normalized spacial score (nSPS) is 18.4. The number of hydrogen-bond donors (Lipinski definition) is 1. The van der Waals surface area contributed by atoms with Crippen LogP contribution in [0.1, 0.15) is 38.5 Å². The Balaban J connectivity index is 1.60. The van der Waals surface area contributed by atoms with Crippen molar-refractivity contribution in [3.05, 3.63) is 149 Å². The van der Waals surface area contributed by atoms with Crippen molar-refractivity contribution in [1.82, 2.24) is 5.32 Å². The van der Waals surface area contributed by atoms with Crippen molar-refractivity contribution in [2.45, 2.75) is 24.8 Å². The van der Waals surface area contributed by atoms with Crippen LogP contribution >= 0.6 is 0 Å². The molecule has 6 rings (SSSR count). The van der Waals surface area contributed by atoms with E-state index in [2.05, 4.69) is 11.4 Å². The molecule has 0 bridgehead atoms. The Morgan fingerprint density at radius 1 is 0.789 bits per heavy atom. The van der Waals surface area contributed by atoms with E-state index in [1.54, 1.807) is 12.1 Å². The molecule has 1 aliphatic heterocycles. The van der Waals surface area contributed by atoms with Crippen LogP contribution in [0.5, 0.6) is 5.75 Å². The van der Waals surface area contributed by atoms with Crippen molar-refractivity contribution in [2.75, 3.05) is 0 Å². The smallest absolute Gasteiger partial charge is 0.338 e. The molecule has 5 aromatic carbocycles. The predicted molar refractivity (Wildman–Crippen MR) is 149 cm³/mol. The number of aryl methyl sites for hydroxylation is 1. The van der Waals surface area contributed by atoms with E-state index < -0.39 is 17.4 Å². The molecule has 38 heavy (non-hydrogen) atoms. The highest BCUT2D eigenvalue weighted by molar-refractivity contribution is 6.02. The van der Waals surface area contributed by atoms with E-state index in [-0.39, 0.29) is 12.3 Å². The zero-order valence-electron chi connectivity index (χ0n) is 21.1. The van der Waals surface area contributed by atoms with E-state index in [0.717, 1.165) is 33.0 Å². The summed E-state index contributed by atoms with van der Waals surface area (Å²) in [5.41, 5.74) is 2.97. The third-order valence-corrected chi connectivity index (χ3v) is 7.38. The second-order valence-electron chi connectivity index (χ2n) is 9.89. The minimum Gasteiger partial charge on any atom is -0.424 e. The van der Waals surface area contributed by atoms with E-state index in [0.29, 0.717) is 11.3 Å². The average molecular weight is 498 g/mol. The molecule has 0 saturated carbocycles. The van der Waals surface area contributed by atoms with Crippen molar-refractivity contribution >= 4 is 22.6 Å². The molecule has 1 aliphatic rings. The molecule has 186 valence electrons. The summed E-state index contributed by atoms with van der Waals surface area (Å²) in [6, 6.07) is 38.9. The summed E-state index contributed by atoms with van der Waals surface area (Å²) in [5, 5.41) is 5.05. The highest BCUT2D eigenvalue weighted by atomic mass is 16.5. The van der Waals surface area contributed by atoms with Crippen LogP contribution in [0, 0.1) is 6.92 Å². The first-order valence-corrected chi connectivity index (χ1v) is 12.8. The molecule has 0 aliphatic carbocycles. The highest BCUT2D eigenvalue weighted by Gasteiger charge is 2.54. The lowest BCUT2D eigenvalue weighted by atomic mass is 9.69. The first-order valence-electron chi connectivity index (χ1n) is 12.8. The number of hydrogen-bond acceptors (Lipinski definition) is 3. The molecular weight excluding hydrogens is 470 g/mol. The average Bonchev–Trinajstić information content (AvgIpc) is 2.95. The van der Waals surface area contributed by atoms with E-state index >= 15 is 0 Å². The minimum atomic E-state index is -1.38. The number of esters is 1. The largest absolute Gasteiger partial charge is 0.424 e. The number of ether oxygens (including phenoxy) is 1. The molecule has 0 unspecified atom stereocenters. The highest BCUT2D eigenvalue weighted by Crippen LogP contribution is 2.48. The van der Waals surface area contributed by atoms with Gasteiger partial charge < -0.3 is 10.1 Å². The van der Waals surface area contributed by atoms with Crippen LogP contribution in [0.3, 0.4) is 0 Å². The molecule has 1 amide bonds. The van der Waals surface area contributed by atoms with Gasteiger partial charge in [-0.05, 0) is 35.6 Å². The molecular formula is C34H27NO3. The predicted octanol–water partition coefficient (Wildman–Crippen LogP) is 6.61. The molecule has 0 saturated heterocycles. The van der Waals surface area contributed by atoms with Gasteiger partial charge in [-0.25, -0.2) is 4.79 Å². The first kappa shape index (κ1) is 23.7. The van der Waals surface area contributed by atoms with Gasteiger partial charge in [-0.1, -0.05) is 115 Å². The van der Waals surface area contributed by atoms with Crippen LogP contribution in [-0.4, -0.2) is 17.4 Å². The zero-order valence-corrected chi connectivity index (χ0v) is 21.1. The van der Waals surface area contributed by atoms with E-state index in [1.165, 1.54) is 0 Å². The number of rotatable bonds is 5. The Morgan fingerprint density at radius 2 is 1.45 bits per heavy atom. The van der Waals surface area contributed by atoms with Gasteiger partial charge in [0.05, 0.1) is 0 Å². The maximum atomic E-state index is 14.3. The van der Waals surface area contributed by atoms with Gasteiger partial charge in [0.25, 0.3) is 5.91 Å². The van der Waals surface area contributed by atoms with Crippen LogP contribution in [0.4, 0.5) is 0 Å². The summed E-state index contributed by atoms with van der Waals surface area (Å²) in [4.78, 5) is 28.0. The molecule has 4 nitrogen and oxygen atoms in total. The van der Waals surface area contributed by atoms with Gasteiger partial charge in [0.15, 0.2) is 5.54 Å². The summed E-state index contributed by atoms with van der Waals surface area (Å²) in [5.74, 6) is -0.715. The fraction of sp³-hybridized carbons (Fsp3) is 0.118. The lowest BCUT2D eigenvalue weighted by molar-refractivity contribution is -0.143. The molecule has 2 atom stereocenters. The quantitative estimate of drug-likeness (QED) is 0.220. The number of amides is 1. The summed E-state index contributed by atoms with van der Waals surface area (Å²) in [7, 11) is 0. The molecule has 4 heteroatoms. The van der Waals surface area contributed by atoms with Crippen LogP contribution in [-0.2, 0) is 11.2 Å². The molecule has 0 aromatic heterocycles. The second kappa shape index (κ2) is 9.64. The zero-order chi connectivity index (χ0) is 26.1. The van der Waals surface area contributed by atoms with E-state index in [9.17, 15) is 9.59 Å². The SMILES string of the molecule is Cc1ccc([C@H]2c3ccc4ccccc4c3OC(=O)[C@@]2(Cc2ccccc2)NC(=O)c2ccccc2)cc1. The van der Waals surface area contributed by atoms with Crippen molar-refractivity contribution in [2.24, 2.45) is 0 Å².